The Bertz CT molecular complexity index is 909. The Morgan fingerprint density at radius 3 is 2.46 bits per heavy atom. The molecule has 0 aliphatic carbocycles. The van der Waals surface area contributed by atoms with Gasteiger partial charge in [-0.2, -0.15) is 0 Å². The van der Waals surface area contributed by atoms with E-state index < -0.39 is 9.84 Å². The lowest BCUT2D eigenvalue weighted by atomic mass is 10.1. The number of rotatable bonds is 6. The fourth-order valence-electron chi connectivity index (χ4n) is 3.31. The summed E-state index contributed by atoms with van der Waals surface area (Å²) in [5.74, 6) is 1.34. The summed E-state index contributed by atoms with van der Waals surface area (Å²) in [6.45, 7) is 2.21. The third-order valence-electron chi connectivity index (χ3n) is 4.69. The van der Waals surface area contributed by atoms with Crippen molar-refractivity contribution in [3.05, 3.63) is 36.4 Å². The number of amides is 1. The first-order valence-electron chi connectivity index (χ1n) is 8.62. The molecule has 2 aromatic rings. The van der Waals surface area contributed by atoms with Gasteiger partial charge in [0.05, 0.1) is 18.6 Å². The second kappa shape index (κ2) is 7.53. The van der Waals surface area contributed by atoms with Gasteiger partial charge in [-0.25, -0.2) is 8.42 Å². The van der Waals surface area contributed by atoms with Gasteiger partial charge in [0.2, 0.25) is 0 Å². The maximum atomic E-state index is 12.5. The van der Waals surface area contributed by atoms with E-state index in [0.717, 1.165) is 16.5 Å². The number of hydrogen-bond donors (Lipinski definition) is 0. The van der Waals surface area contributed by atoms with Crippen molar-refractivity contribution in [1.82, 2.24) is 4.90 Å². The number of hydrogen-bond acceptors (Lipinski definition) is 5. The molecule has 0 unspecified atom stereocenters. The molecular weight excluding hydrogens is 354 g/mol. The fourth-order valence-corrected chi connectivity index (χ4v) is 5.04. The lowest BCUT2D eigenvalue weighted by Gasteiger charge is -2.26. The van der Waals surface area contributed by atoms with Gasteiger partial charge in [0.1, 0.15) is 11.5 Å². The molecule has 0 spiro atoms. The van der Waals surface area contributed by atoms with E-state index in [1.165, 1.54) is 0 Å². The van der Waals surface area contributed by atoms with Crippen molar-refractivity contribution in [3.63, 3.8) is 0 Å². The van der Waals surface area contributed by atoms with Gasteiger partial charge in [-0.1, -0.05) is 12.1 Å². The van der Waals surface area contributed by atoms with E-state index in [4.69, 9.17) is 9.47 Å². The Kier molecular flexibility index (Phi) is 5.36. The van der Waals surface area contributed by atoms with Crippen LogP contribution in [0.5, 0.6) is 11.5 Å². The van der Waals surface area contributed by atoms with Crippen molar-refractivity contribution < 1.29 is 22.7 Å². The molecule has 1 heterocycles. The molecule has 0 N–H and O–H groups in total. The van der Waals surface area contributed by atoms with Crippen LogP contribution in [0.2, 0.25) is 0 Å². The zero-order valence-corrected chi connectivity index (χ0v) is 15.8. The highest BCUT2D eigenvalue weighted by atomic mass is 32.2. The third kappa shape index (κ3) is 4.09. The van der Waals surface area contributed by atoms with Gasteiger partial charge in [0.15, 0.2) is 16.4 Å². The zero-order valence-electron chi connectivity index (χ0n) is 15.0. The summed E-state index contributed by atoms with van der Waals surface area (Å²) < 4.78 is 34.2. The van der Waals surface area contributed by atoms with E-state index in [2.05, 4.69) is 0 Å². The van der Waals surface area contributed by atoms with Gasteiger partial charge in [0, 0.05) is 12.6 Å². The fraction of sp³-hybridized carbons (Fsp3) is 0.421. The Hall–Kier alpha value is -2.28. The molecule has 0 radical (unpaired) electrons. The van der Waals surface area contributed by atoms with E-state index in [-0.39, 0.29) is 30.1 Å². The minimum Gasteiger partial charge on any atom is -0.497 e. The number of carbonyl (C=O) groups is 1. The molecule has 0 bridgehead atoms. The van der Waals surface area contributed by atoms with E-state index >= 15 is 0 Å². The number of likely N-dealkylation sites (N-methyl/N-ethyl adjacent to an activating group) is 1. The van der Waals surface area contributed by atoms with E-state index in [1.807, 2.05) is 43.3 Å². The molecular formula is C19H23NO5S. The van der Waals surface area contributed by atoms with Crippen LogP contribution in [0.1, 0.15) is 13.3 Å². The molecule has 140 valence electrons. The smallest absolute Gasteiger partial charge is 0.260 e. The van der Waals surface area contributed by atoms with Gasteiger partial charge in [0.25, 0.3) is 5.91 Å². The topological polar surface area (TPSA) is 72.9 Å². The summed E-state index contributed by atoms with van der Waals surface area (Å²) in [5.41, 5.74) is 0. The van der Waals surface area contributed by atoms with Crippen LogP contribution in [0, 0.1) is 0 Å². The summed E-state index contributed by atoms with van der Waals surface area (Å²) in [7, 11) is -1.41. The van der Waals surface area contributed by atoms with Crippen LogP contribution < -0.4 is 9.47 Å². The number of fused-ring (bicyclic) bond motifs is 1. The highest BCUT2D eigenvalue weighted by Crippen LogP contribution is 2.25. The first-order chi connectivity index (χ1) is 12.4. The van der Waals surface area contributed by atoms with Crippen LogP contribution in [0.15, 0.2) is 36.4 Å². The molecule has 6 nitrogen and oxygen atoms in total. The predicted molar refractivity (Wildman–Crippen MR) is 100 cm³/mol. The Morgan fingerprint density at radius 1 is 1.15 bits per heavy atom. The van der Waals surface area contributed by atoms with Crippen LogP contribution in [0.25, 0.3) is 10.8 Å². The van der Waals surface area contributed by atoms with Gasteiger partial charge >= 0.3 is 0 Å². The SMILES string of the molecule is CCN(C(=O)COc1ccc2ccc(OC)cc2c1)[C@@H]1CCS(=O)(=O)C1. The molecule has 26 heavy (non-hydrogen) atoms. The minimum atomic E-state index is -3.03. The average Bonchev–Trinajstić information content (AvgIpc) is 2.99. The predicted octanol–water partition coefficient (Wildman–Crippen LogP) is 2.26. The quantitative estimate of drug-likeness (QED) is 0.772. The second-order valence-corrected chi connectivity index (χ2v) is 8.63. The molecule has 3 rings (SSSR count). The molecule has 1 saturated heterocycles. The number of nitrogens with zero attached hydrogens (tertiary/aromatic N) is 1. The molecule has 1 atom stereocenters. The summed E-state index contributed by atoms with van der Waals surface area (Å²) in [4.78, 5) is 14.1. The van der Waals surface area contributed by atoms with Crippen LogP contribution >= 0.6 is 0 Å². The number of methoxy groups -OCH3 is 1. The van der Waals surface area contributed by atoms with E-state index in [9.17, 15) is 13.2 Å². The van der Waals surface area contributed by atoms with Crippen molar-refractivity contribution in [2.24, 2.45) is 0 Å². The summed E-state index contributed by atoms with van der Waals surface area (Å²) in [5, 5.41) is 2.01. The highest BCUT2D eigenvalue weighted by molar-refractivity contribution is 7.91. The number of ether oxygens (including phenoxy) is 2. The maximum Gasteiger partial charge on any atom is 0.260 e. The minimum absolute atomic E-state index is 0.0440. The molecule has 0 aromatic heterocycles. The van der Waals surface area contributed by atoms with Crippen molar-refractivity contribution >= 4 is 26.5 Å². The molecule has 1 fully saturated rings. The summed E-state index contributed by atoms with van der Waals surface area (Å²) in [6, 6.07) is 11.1. The molecule has 7 heteroatoms. The van der Waals surface area contributed by atoms with Gasteiger partial charge in [-0.15, -0.1) is 0 Å². The van der Waals surface area contributed by atoms with E-state index in [0.29, 0.717) is 18.7 Å². The average molecular weight is 377 g/mol. The first kappa shape index (κ1) is 18.5. The van der Waals surface area contributed by atoms with Crippen molar-refractivity contribution in [2.45, 2.75) is 19.4 Å². The lowest BCUT2D eigenvalue weighted by Crippen LogP contribution is -2.43. The largest absolute Gasteiger partial charge is 0.497 e. The molecule has 1 amide bonds. The zero-order chi connectivity index (χ0) is 18.7. The van der Waals surface area contributed by atoms with Gasteiger partial charge in [-0.3, -0.25) is 4.79 Å². The molecule has 1 aliphatic heterocycles. The highest BCUT2D eigenvalue weighted by Gasteiger charge is 2.33. The maximum absolute atomic E-state index is 12.5. The molecule has 1 aliphatic rings. The normalized spacial score (nSPS) is 18.6. The summed E-state index contributed by atoms with van der Waals surface area (Å²) in [6.07, 6.45) is 0.498. The van der Waals surface area contributed by atoms with Crippen LogP contribution in [-0.2, 0) is 14.6 Å². The van der Waals surface area contributed by atoms with Crippen molar-refractivity contribution in [3.8, 4) is 11.5 Å². The third-order valence-corrected chi connectivity index (χ3v) is 6.44. The number of sulfone groups is 1. The second-order valence-electron chi connectivity index (χ2n) is 6.40. The standard InChI is InChI=1S/C19H23NO5S/c1-3-20(16-8-9-26(22,23)13-16)19(21)12-25-18-7-5-14-4-6-17(24-2)10-15(14)11-18/h4-7,10-11,16H,3,8-9,12-13H2,1-2H3/t16-/m1/s1. The monoisotopic (exact) mass is 377 g/mol. The van der Waals surface area contributed by atoms with Crippen LogP contribution in [0.4, 0.5) is 0 Å². The number of benzene rings is 2. The van der Waals surface area contributed by atoms with Gasteiger partial charge < -0.3 is 14.4 Å². The molecule has 0 saturated carbocycles. The first-order valence-corrected chi connectivity index (χ1v) is 10.4. The van der Waals surface area contributed by atoms with Crippen molar-refractivity contribution in [1.29, 1.82) is 0 Å². The Morgan fingerprint density at radius 2 is 1.85 bits per heavy atom. The Balaban J connectivity index is 1.67. The lowest BCUT2D eigenvalue weighted by molar-refractivity contribution is -0.135. The number of carbonyl (C=O) groups excluding carboxylic acids is 1. The van der Waals surface area contributed by atoms with E-state index in [1.54, 1.807) is 12.0 Å². The van der Waals surface area contributed by atoms with Crippen molar-refractivity contribution in [2.75, 3.05) is 31.8 Å². The van der Waals surface area contributed by atoms with Gasteiger partial charge in [-0.05, 0) is 48.4 Å². The molecule has 2 aromatic carbocycles. The Labute approximate surface area is 153 Å². The summed E-state index contributed by atoms with van der Waals surface area (Å²) >= 11 is 0. The van der Waals surface area contributed by atoms with Crippen LogP contribution in [-0.4, -0.2) is 57.0 Å². The van der Waals surface area contributed by atoms with Crippen LogP contribution in [0.3, 0.4) is 0 Å².